The highest BCUT2D eigenvalue weighted by Crippen LogP contribution is 2.10. The molecule has 0 bridgehead atoms. The fraction of sp³-hybridized carbons (Fsp3) is 0.375. The topological polar surface area (TPSA) is 12.9 Å². The van der Waals surface area contributed by atoms with Gasteiger partial charge in [0.2, 0.25) is 0 Å². The van der Waals surface area contributed by atoms with E-state index < -0.39 is 0 Å². The van der Waals surface area contributed by atoms with Crippen LogP contribution in [0.4, 0.5) is 4.39 Å². The Balaban J connectivity index is 2.96. The maximum absolute atomic E-state index is 12.5. The number of hydrogen-bond acceptors (Lipinski definition) is 1. The Morgan fingerprint density at radius 3 is 2.60 bits per heavy atom. The number of nitrogens with zero attached hydrogens (tertiary/aromatic N) is 1. The van der Waals surface area contributed by atoms with Crippen LogP contribution in [0.5, 0.6) is 0 Å². The Bertz CT molecular complexity index is 220. The van der Waals surface area contributed by atoms with Crippen molar-refractivity contribution >= 4 is 0 Å². The summed E-state index contributed by atoms with van der Waals surface area (Å²) in [5.74, 6) is 0.0920. The van der Waals surface area contributed by atoms with E-state index in [4.69, 9.17) is 0 Å². The molecular formula is C8H10FN. The lowest BCUT2D eigenvalue weighted by atomic mass is 10.1. The molecular weight excluding hydrogens is 129 g/mol. The number of hydrogen-bond donors (Lipinski definition) is 0. The molecule has 10 heavy (non-hydrogen) atoms. The van der Waals surface area contributed by atoms with Crippen LogP contribution in [0.1, 0.15) is 25.5 Å². The van der Waals surface area contributed by atoms with E-state index in [1.54, 1.807) is 0 Å². The van der Waals surface area contributed by atoms with Gasteiger partial charge in [-0.05, 0) is 18.1 Å². The molecule has 0 atom stereocenters. The Labute approximate surface area is 59.9 Å². The van der Waals surface area contributed by atoms with Gasteiger partial charge in [0, 0.05) is 11.9 Å². The van der Waals surface area contributed by atoms with Crippen LogP contribution in [0, 0.1) is 5.82 Å². The van der Waals surface area contributed by atoms with Crippen molar-refractivity contribution in [2.24, 2.45) is 0 Å². The predicted octanol–water partition coefficient (Wildman–Crippen LogP) is 2.34. The lowest BCUT2D eigenvalue weighted by Crippen LogP contribution is -1.91. The van der Waals surface area contributed by atoms with Crippen molar-refractivity contribution in [3.8, 4) is 0 Å². The maximum Gasteiger partial charge on any atom is 0.126 e. The maximum atomic E-state index is 12.5. The third-order valence-corrected chi connectivity index (χ3v) is 1.33. The number of aromatic nitrogens is 1. The van der Waals surface area contributed by atoms with Crippen molar-refractivity contribution < 1.29 is 4.39 Å². The normalized spacial score (nSPS) is 10.4. The van der Waals surface area contributed by atoms with Gasteiger partial charge >= 0.3 is 0 Å². The molecule has 0 fully saturated rings. The van der Waals surface area contributed by atoms with Crippen LogP contribution in [0.15, 0.2) is 18.3 Å². The highest BCUT2D eigenvalue weighted by molar-refractivity contribution is 5.08. The molecule has 0 aliphatic rings. The van der Waals surface area contributed by atoms with Gasteiger partial charge in [0.1, 0.15) is 5.82 Å². The Hall–Kier alpha value is -0.920. The minimum Gasteiger partial charge on any atom is -0.261 e. The lowest BCUT2D eigenvalue weighted by Gasteiger charge is -2.01. The van der Waals surface area contributed by atoms with Crippen molar-refractivity contribution in [3.63, 3.8) is 0 Å². The second-order valence-electron chi connectivity index (χ2n) is 2.55. The fourth-order valence-electron chi connectivity index (χ4n) is 0.737. The van der Waals surface area contributed by atoms with Crippen LogP contribution in [0.3, 0.4) is 0 Å². The summed E-state index contributed by atoms with van der Waals surface area (Å²) < 4.78 is 12.5. The summed E-state index contributed by atoms with van der Waals surface area (Å²) in [6, 6.07) is 2.82. The summed E-state index contributed by atoms with van der Waals surface area (Å²) in [4.78, 5) is 4.00. The zero-order chi connectivity index (χ0) is 7.56. The molecule has 0 aliphatic heterocycles. The standard InChI is InChI=1S/C8H10FN/c1-6(2)8-5-7(9)3-4-10-8/h3-6H,1-2H3. The van der Waals surface area contributed by atoms with Crippen molar-refractivity contribution in [3.05, 3.63) is 29.8 Å². The SMILES string of the molecule is CC(C)c1cc(F)ccn1. The van der Waals surface area contributed by atoms with Crippen LogP contribution in [-0.2, 0) is 0 Å². The van der Waals surface area contributed by atoms with Gasteiger partial charge in [-0.1, -0.05) is 13.8 Å². The molecule has 0 unspecified atom stereocenters. The summed E-state index contributed by atoms with van der Waals surface area (Å²) in [6.07, 6.45) is 1.49. The predicted molar refractivity (Wildman–Crippen MR) is 38.3 cm³/mol. The zero-order valence-electron chi connectivity index (χ0n) is 6.13. The van der Waals surface area contributed by atoms with E-state index in [1.807, 2.05) is 13.8 Å². The third kappa shape index (κ3) is 1.53. The molecule has 1 nitrogen and oxygen atoms in total. The molecule has 0 N–H and O–H groups in total. The van der Waals surface area contributed by atoms with E-state index in [1.165, 1.54) is 18.3 Å². The largest absolute Gasteiger partial charge is 0.261 e. The van der Waals surface area contributed by atoms with Gasteiger partial charge in [-0.3, -0.25) is 4.98 Å². The third-order valence-electron chi connectivity index (χ3n) is 1.33. The van der Waals surface area contributed by atoms with Crippen LogP contribution in [-0.4, -0.2) is 4.98 Å². The summed E-state index contributed by atoms with van der Waals surface area (Å²) in [5.41, 5.74) is 0.806. The summed E-state index contributed by atoms with van der Waals surface area (Å²) >= 11 is 0. The molecule has 1 aromatic rings. The van der Waals surface area contributed by atoms with Gasteiger partial charge in [0.25, 0.3) is 0 Å². The van der Waals surface area contributed by atoms with Crippen LogP contribution in [0.2, 0.25) is 0 Å². The molecule has 0 spiro atoms. The van der Waals surface area contributed by atoms with E-state index in [9.17, 15) is 4.39 Å². The first kappa shape index (κ1) is 7.19. The molecule has 1 aromatic heterocycles. The Kier molecular flexibility index (Phi) is 2.00. The first-order valence-electron chi connectivity index (χ1n) is 3.31. The minimum absolute atomic E-state index is 0.210. The molecule has 0 saturated heterocycles. The highest BCUT2D eigenvalue weighted by atomic mass is 19.1. The molecule has 2 heteroatoms. The second kappa shape index (κ2) is 2.78. The van der Waals surface area contributed by atoms with Gasteiger partial charge in [-0.2, -0.15) is 0 Å². The number of rotatable bonds is 1. The first-order chi connectivity index (χ1) is 4.70. The van der Waals surface area contributed by atoms with E-state index in [0.29, 0.717) is 5.92 Å². The lowest BCUT2D eigenvalue weighted by molar-refractivity contribution is 0.618. The first-order valence-corrected chi connectivity index (χ1v) is 3.31. The molecule has 1 heterocycles. The smallest absolute Gasteiger partial charge is 0.126 e. The van der Waals surface area contributed by atoms with Crippen molar-refractivity contribution in [2.45, 2.75) is 19.8 Å². The summed E-state index contributed by atoms with van der Waals surface area (Å²) in [6.45, 7) is 3.98. The van der Waals surface area contributed by atoms with Gasteiger partial charge in [0.05, 0.1) is 0 Å². The highest BCUT2D eigenvalue weighted by Gasteiger charge is 1.99. The molecule has 0 aliphatic carbocycles. The van der Waals surface area contributed by atoms with E-state index in [2.05, 4.69) is 4.98 Å². The minimum atomic E-state index is -0.210. The molecule has 0 amide bonds. The Morgan fingerprint density at radius 2 is 2.20 bits per heavy atom. The molecule has 0 saturated carbocycles. The van der Waals surface area contributed by atoms with Crippen molar-refractivity contribution in [1.29, 1.82) is 0 Å². The molecule has 54 valence electrons. The number of pyridine rings is 1. The van der Waals surface area contributed by atoms with Gasteiger partial charge in [-0.25, -0.2) is 4.39 Å². The van der Waals surface area contributed by atoms with Crippen LogP contribution >= 0.6 is 0 Å². The van der Waals surface area contributed by atoms with Gasteiger partial charge < -0.3 is 0 Å². The molecule has 0 aromatic carbocycles. The monoisotopic (exact) mass is 139 g/mol. The quantitative estimate of drug-likeness (QED) is 0.582. The Morgan fingerprint density at radius 1 is 1.50 bits per heavy atom. The summed E-state index contributed by atoms with van der Waals surface area (Å²) in [5, 5.41) is 0. The number of halogens is 1. The van der Waals surface area contributed by atoms with Crippen molar-refractivity contribution in [1.82, 2.24) is 4.98 Å². The average molecular weight is 139 g/mol. The van der Waals surface area contributed by atoms with Crippen LogP contribution < -0.4 is 0 Å². The second-order valence-corrected chi connectivity index (χ2v) is 2.55. The summed E-state index contributed by atoms with van der Waals surface area (Å²) in [7, 11) is 0. The average Bonchev–Trinajstić information content (AvgIpc) is 1.88. The van der Waals surface area contributed by atoms with Crippen molar-refractivity contribution in [2.75, 3.05) is 0 Å². The van der Waals surface area contributed by atoms with Crippen LogP contribution in [0.25, 0.3) is 0 Å². The van der Waals surface area contributed by atoms with E-state index in [0.717, 1.165) is 5.69 Å². The van der Waals surface area contributed by atoms with Gasteiger partial charge in [0.15, 0.2) is 0 Å². The molecule has 0 radical (unpaired) electrons. The van der Waals surface area contributed by atoms with E-state index >= 15 is 0 Å². The zero-order valence-corrected chi connectivity index (χ0v) is 6.13. The van der Waals surface area contributed by atoms with E-state index in [-0.39, 0.29) is 5.82 Å². The van der Waals surface area contributed by atoms with Gasteiger partial charge in [-0.15, -0.1) is 0 Å². The fourth-order valence-corrected chi connectivity index (χ4v) is 0.737. The molecule has 1 rings (SSSR count).